The van der Waals surface area contributed by atoms with Crippen molar-refractivity contribution < 1.29 is 8.83 Å². The van der Waals surface area contributed by atoms with Gasteiger partial charge in [-0.3, -0.25) is 0 Å². The van der Waals surface area contributed by atoms with Crippen molar-refractivity contribution in [1.82, 2.24) is 0 Å². The molecule has 0 radical (unpaired) electrons. The maximum absolute atomic E-state index is 6.29. The minimum atomic E-state index is 0.872. The van der Waals surface area contributed by atoms with E-state index in [2.05, 4.69) is 181 Å². The Hall–Kier alpha value is -7.36. The van der Waals surface area contributed by atoms with E-state index in [-0.39, 0.29) is 0 Å². The molecule has 0 aliphatic heterocycles. The molecular formula is C52H33NO2. The van der Waals surface area contributed by atoms with Crippen LogP contribution in [0, 0.1) is 0 Å². The number of nitrogens with zero attached hydrogens (tertiary/aromatic N) is 1. The van der Waals surface area contributed by atoms with Crippen molar-refractivity contribution in [2.24, 2.45) is 0 Å². The number of furan rings is 2. The molecule has 0 amide bonds. The summed E-state index contributed by atoms with van der Waals surface area (Å²) in [5, 5.41) is 6.88. The van der Waals surface area contributed by atoms with E-state index in [0.717, 1.165) is 77.6 Å². The van der Waals surface area contributed by atoms with Gasteiger partial charge in [-0.2, -0.15) is 0 Å². The van der Waals surface area contributed by atoms with Gasteiger partial charge >= 0.3 is 0 Å². The minimum Gasteiger partial charge on any atom is -0.456 e. The van der Waals surface area contributed by atoms with E-state index in [1.807, 2.05) is 24.3 Å². The molecule has 11 aromatic rings. The number of fused-ring (bicyclic) bond motifs is 7. The lowest BCUT2D eigenvalue weighted by atomic mass is 9.90. The lowest BCUT2D eigenvalue weighted by Crippen LogP contribution is -2.11. The molecule has 0 aliphatic carbocycles. The zero-order valence-electron chi connectivity index (χ0n) is 29.8. The van der Waals surface area contributed by atoms with E-state index in [1.165, 1.54) is 27.5 Å². The van der Waals surface area contributed by atoms with Crippen LogP contribution in [0.15, 0.2) is 209 Å². The molecule has 0 aliphatic rings. The fourth-order valence-corrected chi connectivity index (χ4v) is 8.31. The Kier molecular flexibility index (Phi) is 7.17. The highest BCUT2D eigenvalue weighted by Crippen LogP contribution is 2.46. The summed E-state index contributed by atoms with van der Waals surface area (Å²) in [5.74, 6) is 0. The van der Waals surface area contributed by atoms with Crippen LogP contribution < -0.4 is 4.90 Å². The Morgan fingerprint density at radius 3 is 1.60 bits per heavy atom. The topological polar surface area (TPSA) is 29.5 Å². The lowest BCUT2D eigenvalue weighted by molar-refractivity contribution is 0.668. The summed E-state index contributed by atoms with van der Waals surface area (Å²) in [4.78, 5) is 2.39. The molecule has 55 heavy (non-hydrogen) atoms. The highest BCUT2D eigenvalue weighted by atomic mass is 16.3. The Balaban J connectivity index is 1.11. The molecule has 0 saturated carbocycles. The second-order valence-corrected chi connectivity index (χ2v) is 14.1. The molecular weight excluding hydrogens is 671 g/mol. The second-order valence-electron chi connectivity index (χ2n) is 14.1. The zero-order chi connectivity index (χ0) is 36.3. The first-order valence-corrected chi connectivity index (χ1v) is 18.7. The highest BCUT2D eigenvalue weighted by Gasteiger charge is 2.21. The summed E-state index contributed by atoms with van der Waals surface area (Å²) < 4.78 is 12.4. The molecule has 0 atom stereocenters. The Bertz CT molecular complexity index is 3200. The predicted molar refractivity (Wildman–Crippen MR) is 229 cm³/mol. The molecule has 2 heterocycles. The number of anilines is 3. The summed E-state index contributed by atoms with van der Waals surface area (Å²) >= 11 is 0. The van der Waals surface area contributed by atoms with Gasteiger partial charge in [-0.1, -0.05) is 140 Å². The molecule has 0 spiro atoms. The van der Waals surface area contributed by atoms with Crippen LogP contribution in [0.25, 0.3) is 88.0 Å². The molecule has 11 rings (SSSR count). The molecule has 0 bridgehead atoms. The van der Waals surface area contributed by atoms with Crippen LogP contribution in [0.4, 0.5) is 17.1 Å². The smallest absolute Gasteiger partial charge is 0.135 e. The first-order chi connectivity index (χ1) is 27.3. The number of hydrogen-bond acceptors (Lipinski definition) is 3. The van der Waals surface area contributed by atoms with Gasteiger partial charge in [-0.05, 0) is 99.3 Å². The van der Waals surface area contributed by atoms with Crippen molar-refractivity contribution >= 4 is 71.7 Å². The summed E-state index contributed by atoms with van der Waals surface area (Å²) in [7, 11) is 0. The SMILES string of the molecule is c1ccc(-c2cccc3cccc(-c4ccccc4N(c4ccc(-c5ccc6oc7ccccc7c6c5)cc4)c4ccc5oc6ccccc6c5c4)c23)cc1. The van der Waals surface area contributed by atoms with Gasteiger partial charge in [0, 0.05) is 38.5 Å². The molecule has 3 heteroatoms. The maximum Gasteiger partial charge on any atom is 0.135 e. The summed E-state index contributed by atoms with van der Waals surface area (Å²) in [6.45, 7) is 0. The van der Waals surface area contributed by atoms with E-state index < -0.39 is 0 Å². The predicted octanol–water partition coefficient (Wildman–Crippen LogP) is 15.1. The van der Waals surface area contributed by atoms with Gasteiger partial charge in [0.15, 0.2) is 0 Å². The van der Waals surface area contributed by atoms with Crippen LogP contribution in [-0.4, -0.2) is 0 Å². The molecule has 0 saturated heterocycles. The monoisotopic (exact) mass is 703 g/mol. The van der Waals surface area contributed by atoms with Crippen molar-refractivity contribution in [2.45, 2.75) is 0 Å². The Morgan fingerprint density at radius 2 is 0.855 bits per heavy atom. The molecule has 258 valence electrons. The van der Waals surface area contributed by atoms with Crippen molar-refractivity contribution in [1.29, 1.82) is 0 Å². The van der Waals surface area contributed by atoms with Gasteiger partial charge < -0.3 is 13.7 Å². The summed E-state index contributed by atoms with van der Waals surface area (Å²) in [6, 6.07) is 71.2. The zero-order valence-corrected chi connectivity index (χ0v) is 29.8. The van der Waals surface area contributed by atoms with E-state index >= 15 is 0 Å². The van der Waals surface area contributed by atoms with E-state index in [1.54, 1.807) is 0 Å². The summed E-state index contributed by atoms with van der Waals surface area (Å²) in [6.07, 6.45) is 0. The fourth-order valence-electron chi connectivity index (χ4n) is 8.31. The molecule has 0 N–H and O–H groups in total. The largest absolute Gasteiger partial charge is 0.456 e. The minimum absolute atomic E-state index is 0.872. The fraction of sp³-hybridized carbons (Fsp3) is 0. The van der Waals surface area contributed by atoms with E-state index in [9.17, 15) is 0 Å². The molecule has 3 nitrogen and oxygen atoms in total. The molecule has 0 unspecified atom stereocenters. The van der Waals surface area contributed by atoms with E-state index in [0.29, 0.717) is 0 Å². The average molecular weight is 704 g/mol. The van der Waals surface area contributed by atoms with Gasteiger partial charge in [0.05, 0.1) is 5.69 Å². The van der Waals surface area contributed by atoms with Gasteiger partial charge in [-0.15, -0.1) is 0 Å². The van der Waals surface area contributed by atoms with Crippen molar-refractivity contribution in [3.05, 3.63) is 200 Å². The Labute approximate surface area is 317 Å². The number of benzene rings is 9. The quantitative estimate of drug-likeness (QED) is 0.173. The van der Waals surface area contributed by atoms with Crippen LogP contribution >= 0.6 is 0 Å². The van der Waals surface area contributed by atoms with Gasteiger partial charge in [0.25, 0.3) is 0 Å². The third-order valence-electron chi connectivity index (χ3n) is 10.9. The molecule has 9 aromatic carbocycles. The van der Waals surface area contributed by atoms with Crippen LogP contribution in [0.3, 0.4) is 0 Å². The summed E-state index contributed by atoms with van der Waals surface area (Å²) in [5.41, 5.74) is 13.8. The van der Waals surface area contributed by atoms with Crippen LogP contribution in [0.1, 0.15) is 0 Å². The normalized spacial score (nSPS) is 11.6. The third kappa shape index (κ3) is 5.20. The van der Waals surface area contributed by atoms with Gasteiger partial charge in [0.1, 0.15) is 22.3 Å². The Morgan fingerprint density at radius 1 is 0.309 bits per heavy atom. The van der Waals surface area contributed by atoms with Gasteiger partial charge in [-0.25, -0.2) is 0 Å². The maximum atomic E-state index is 6.29. The average Bonchev–Trinajstić information content (AvgIpc) is 3.82. The number of para-hydroxylation sites is 3. The molecule has 2 aromatic heterocycles. The highest BCUT2D eigenvalue weighted by molar-refractivity contribution is 6.10. The number of rotatable bonds is 6. The van der Waals surface area contributed by atoms with Crippen molar-refractivity contribution in [2.75, 3.05) is 4.90 Å². The van der Waals surface area contributed by atoms with Crippen LogP contribution in [-0.2, 0) is 0 Å². The van der Waals surface area contributed by atoms with Crippen molar-refractivity contribution in [3.8, 4) is 33.4 Å². The lowest BCUT2D eigenvalue weighted by Gasteiger charge is -2.28. The van der Waals surface area contributed by atoms with E-state index in [4.69, 9.17) is 8.83 Å². The first kappa shape index (κ1) is 31.2. The number of hydrogen-bond donors (Lipinski definition) is 0. The standard InChI is InChI=1S/C52H33NO2/c1-2-12-35(13-3-1)40-19-10-14-36-15-11-20-44(52(36)40)41-16-4-7-21-47(41)53(39-29-31-51-46(33-39)43-18-6-9-23-49(43)55-51)38-27-24-34(25-28-38)37-26-30-50-45(32-37)42-17-5-8-22-48(42)54-50/h1-33H. The van der Waals surface area contributed by atoms with Crippen LogP contribution in [0.2, 0.25) is 0 Å². The second kappa shape index (κ2) is 12.6. The molecule has 0 fully saturated rings. The van der Waals surface area contributed by atoms with Gasteiger partial charge in [0.2, 0.25) is 0 Å². The van der Waals surface area contributed by atoms with Crippen molar-refractivity contribution in [3.63, 3.8) is 0 Å². The van der Waals surface area contributed by atoms with Crippen LogP contribution in [0.5, 0.6) is 0 Å². The first-order valence-electron chi connectivity index (χ1n) is 18.7. The third-order valence-corrected chi connectivity index (χ3v) is 10.9.